The lowest BCUT2D eigenvalue weighted by Crippen LogP contribution is -1.91. The van der Waals surface area contributed by atoms with Crippen molar-refractivity contribution in [2.45, 2.75) is 6.80 Å². The summed E-state index contributed by atoms with van der Waals surface area (Å²) in [6, 6.07) is 0. The minimum Gasteiger partial charge on any atom is -0.225 e. The van der Waals surface area contributed by atoms with Gasteiger partial charge >= 0.3 is 0 Å². The third kappa shape index (κ3) is 0.703. The van der Waals surface area contributed by atoms with Crippen LogP contribution >= 0.6 is 0 Å². The van der Waals surface area contributed by atoms with E-state index in [1.165, 1.54) is 6.33 Å². The second kappa shape index (κ2) is 1.63. The van der Waals surface area contributed by atoms with E-state index in [4.69, 9.17) is 0 Å². The summed E-state index contributed by atoms with van der Waals surface area (Å²) in [5.74, 6) is 0. The van der Waals surface area contributed by atoms with Crippen molar-refractivity contribution in [3.8, 4) is 0 Å². The Morgan fingerprint density at radius 3 is 2.86 bits per heavy atom. The first-order chi connectivity index (χ1) is 3.43. The van der Waals surface area contributed by atoms with Crippen molar-refractivity contribution >= 4 is 0 Å². The summed E-state index contributed by atoms with van der Waals surface area (Å²) in [4.78, 5) is 0. The van der Waals surface area contributed by atoms with Gasteiger partial charge in [0.15, 0.2) is 6.80 Å². The summed E-state index contributed by atoms with van der Waals surface area (Å²) < 4.78 is 12.4. The van der Waals surface area contributed by atoms with Crippen LogP contribution < -0.4 is 0 Å². The largest absolute Gasteiger partial charge is 0.225 e. The maximum absolute atomic E-state index is 11.4. The van der Waals surface area contributed by atoms with Crippen LogP contribution in [0.3, 0.4) is 0 Å². The van der Waals surface area contributed by atoms with Gasteiger partial charge in [-0.2, -0.15) is 0 Å². The SMILES string of the molecule is FCn1cnnn1. The highest BCUT2D eigenvalue weighted by molar-refractivity contribution is 4.38. The molecule has 5 heteroatoms. The van der Waals surface area contributed by atoms with Crippen molar-refractivity contribution < 1.29 is 4.39 Å². The van der Waals surface area contributed by atoms with Crippen molar-refractivity contribution in [2.24, 2.45) is 0 Å². The lowest BCUT2D eigenvalue weighted by atomic mass is 11.2. The van der Waals surface area contributed by atoms with E-state index in [9.17, 15) is 4.39 Å². The molecule has 1 rings (SSSR count). The summed E-state index contributed by atoms with van der Waals surface area (Å²) in [6.45, 7) is -0.660. The molecular formula is C2H3FN4. The number of nitrogens with zero attached hydrogens (tertiary/aromatic N) is 4. The zero-order valence-corrected chi connectivity index (χ0v) is 3.45. The molecule has 0 radical (unpaired) electrons. The van der Waals surface area contributed by atoms with Crippen molar-refractivity contribution in [2.75, 3.05) is 0 Å². The number of hydrogen-bond acceptors (Lipinski definition) is 3. The normalized spacial score (nSPS) is 9.29. The Morgan fingerprint density at radius 1 is 1.71 bits per heavy atom. The molecule has 0 aliphatic rings. The number of aromatic nitrogens is 4. The number of tetrazole rings is 1. The van der Waals surface area contributed by atoms with Gasteiger partial charge in [-0.15, -0.1) is 5.10 Å². The smallest absolute Gasteiger partial charge is 0.185 e. The van der Waals surface area contributed by atoms with E-state index in [1.54, 1.807) is 0 Å². The van der Waals surface area contributed by atoms with E-state index in [0.29, 0.717) is 0 Å². The molecule has 0 spiro atoms. The van der Waals surface area contributed by atoms with E-state index >= 15 is 0 Å². The third-order valence-electron chi connectivity index (χ3n) is 0.514. The fourth-order valence-corrected chi connectivity index (χ4v) is 0.235. The molecule has 0 fully saturated rings. The van der Waals surface area contributed by atoms with Crippen LogP contribution in [0.2, 0.25) is 0 Å². The fourth-order valence-electron chi connectivity index (χ4n) is 0.235. The molecule has 4 nitrogen and oxygen atoms in total. The Morgan fingerprint density at radius 2 is 2.57 bits per heavy atom. The van der Waals surface area contributed by atoms with Gasteiger partial charge in [-0.3, -0.25) is 0 Å². The van der Waals surface area contributed by atoms with E-state index in [-0.39, 0.29) is 0 Å². The van der Waals surface area contributed by atoms with Gasteiger partial charge in [0.25, 0.3) is 0 Å². The summed E-state index contributed by atoms with van der Waals surface area (Å²) in [6.07, 6.45) is 1.21. The number of hydrogen-bond donors (Lipinski definition) is 0. The van der Waals surface area contributed by atoms with Crippen LogP contribution in [-0.4, -0.2) is 20.2 Å². The molecule has 0 saturated heterocycles. The van der Waals surface area contributed by atoms with Crippen LogP contribution in [0.15, 0.2) is 6.33 Å². The Labute approximate surface area is 38.9 Å². The van der Waals surface area contributed by atoms with Gasteiger partial charge in [-0.05, 0) is 10.4 Å². The Bertz CT molecular complexity index is 124. The van der Waals surface area contributed by atoms with E-state index < -0.39 is 6.80 Å². The van der Waals surface area contributed by atoms with Gasteiger partial charge in [0.2, 0.25) is 0 Å². The van der Waals surface area contributed by atoms with E-state index in [1.807, 2.05) is 0 Å². The molecule has 1 aromatic heterocycles. The fraction of sp³-hybridized carbons (Fsp3) is 0.500. The molecule has 0 bridgehead atoms. The predicted molar refractivity (Wildman–Crippen MR) is 18.9 cm³/mol. The lowest BCUT2D eigenvalue weighted by Gasteiger charge is -1.79. The molecule has 1 aromatic rings. The quantitative estimate of drug-likeness (QED) is 0.484. The highest BCUT2D eigenvalue weighted by atomic mass is 19.1. The van der Waals surface area contributed by atoms with Gasteiger partial charge < -0.3 is 0 Å². The predicted octanol–water partition coefficient (Wildman–Crippen LogP) is -0.400. The second-order valence-corrected chi connectivity index (χ2v) is 0.969. The summed E-state index contributed by atoms with van der Waals surface area (Å²) in [5.41, 5.74) is 0. The molecule has 0 saturated carbocycles. The van der Waals surface area contributed by atoms with Crippen LogP contribution in [-0.2, 0) is 6.80 Å². The summed E-state index contributed by atoms with van der Waals surface area (Å²) in [7, 11) is 0. The minimum absolute atomic E-state index is 0.660. The van der Waals surface area contributed by atoms with Gasteiger partial charge in [-0.1, -0.05) is 0 Å². The molecule has 0 aliphatic heterocycles. The summed E-state index contributed by atoms with van der Waals surface area (Å²) >= 11 is 0. The third-order valence-corrected chi connectivity index (χ3v) is 0.514. The maximum Gasteiger partial charge on any atom is 0.185 e. The zero-order valence-electron chi connectivity index (χ0n) is 3.45. The molecule has 0 aromatic carbocycles. The Kier molecular flexibility index (Phi) is 0.972. The first-order valence-electron chi connectivity index (χ1n) is 1.70. The Hall–Kier alpha value is -1.00. The molecule has 0 N–H and O–H groups in total. The van der Waals surface area contributed by atoms with Crippen LogP contribution in [0.5, 0.6) is 0 Å². The average Bonchev–Trinajstić information content (AvgIpc) is 2.14. The van der Waals surface area contributed by atoms with Crippen LogP contribution in [0.4, 0.5) is 4.39 Å². The molecule has 0 unspecified atom stereocenters. The lowest BCUT2D eigenvalue weighted by molar-refractivity contribution is 0.343. The van der Waals surface area contributed by atoms with Crippen LogP contribution in [0.25, 0.3) is 0 Å². The van der Waals surface area contributed by atoms with Crippen molar-refractivity contribution in [1.82, 2.24) is 20.2 Å². The maximum atomic E-state index is 11.4. The van der Waals surface area contributed by atoms with Crippen molar-refractivity contribution in [3.63, 3.8) is 0 Å². The molecule has 7 heavy (non-hydrogen) atoms. The molecule has 0 atom stereocenters. The van der Waals surface area contributed by atoms with Crippen molar-refractivity contribution in [3.05, 3.63) is 6.33 Å². The van der Waals surface area contributed by atoms with E-state index in [2.05, 4.69) is 15.5 Å². The molecule has 0 aliphatic carbocycles. The number of rotatable bonds is 1. The average molecular weight is 102 g/mol. The first kappa shape index (κ1) is 4.17. The first-order valence-corrected chi connectivity index (χ1v) is 1.70. The minimum atomic E-state index is -0.660. The molecule has 0 amide bonds. The van der Waals surface area contributed by atoms with Crippen LogP contribution in [0, 0.1) is 0 Å². The van der Waals surface area contributed by atoms with Gasteiger partial charge in [0.05, 0.1) is 0 Å². The summed E-state index contributed by atoms with van der Waals surface area (Å²) in [5, 5.41) is 9.59. The standard InChI is InChI=1S/C2H3FN4/c3-1-7-2-4-5-6-7/h2H,1H2. The molecule has 1 heterocycles. The van der Waals surface area contributed by atoms with E-state index in [0.717, 1.165) is 4.68 Å². The zero-order chi connectivity index (χ0) is 5.11. The van der Waals surface area contributed by atoms with Gasteiger partial charge in [-0.25, -0.2) is 9.07 Å². The highest BCUT2D eigenvalue weighted by Gasteiger charge is 1.83. The van der Waals surface area contributed by atoms with Crippen molar-refractivity contribution in [1.29, 1.82) is 0 Å². The Balaban J connectivity index is 2.76. The molecule has 38 valence electrons. The van der Waals surface area contributed by atoms with Gasteiger partial charge in [0, 0.05) is 0 Å². The van der Waals surface area contributed by atoms with Crippen LogP contribution in [0.1, 0.15) is 0 Å². The van der Waals surface area contributed by atoms with Gasteiger partial charge in [0.1, 0.15) is 6.33 Å². The highest BCUT2D eigenvalue weighted by Crippen LogP contribution is 1.73. The number of alkyl halides is 1. The molecular weight excluding hydrogens is 99.0 g/mol. The number of halogens is 1. The monoisotopic (exact) mass is 102 g/mol. The second-order valence-electron chi connectivity index (χ2n) is 0.969. The topological polar surface area (TPSA) is 43.6 Å².